The van der Waals surface area contributed by atoms with Gasteiger partial charge in [-0.25, -0.2) is 4.79 Å². The zero-order valence-electron chi connectivity index (χ0n) is 8.91. The summed E-state index contributed by atoms with van der Waals surface area (Å²) in [6, 6.07) is 0.464. The third-order valence-electron chi connectivity index (χ3n) is 2.05. The van der Waals surface area contributed by atoms with Crippen LogP contribution in [0.5, 0.6) is 0 Å². The molecule has 1 atom stereocenters. The number of nitrogens with zero attached hydrogens (tertiary/aromatic N) is 1. The average molecular weight is 185 g/mol. The minimum Gasteiger partial charge on any atom is -0.466 e. The minimum absolute atomic E-state index is 0.310. The summed E-state index contributed by atoms with van der Waals surface area (Å²) in [5, 5.41) is 0. The Bertz CT molecular complexity index is 178. The van der Waals surface area contributed by atoms with E-state index in [9.17, 15) is 4.79 Å². The first-order valence-electron chi connectivity index (χ1n) is 4.59. The molecule has 0 saturated heterocycles. The zero-order chi connectivity index (χ0) is 10.3. The van der Waals surface area contributed by atoms with Gasteiger partial charge in [-0.1, -0.05) is 13.3 Å². The van der Waals surface area contributed by atoms with E-state index in [2.05, 4.69) is 18.6 Å². The van der Waals surface area contributed by atoms with Crippen molar-refractivity contribution in [1.82, 2.24) is 4.90 Å². The summed E-state index contributed by atoms with van der Waals surface area (Å²) in [6.45, 7) is 4.28. The van der Waals surface area contributed by atoms with Crippen molar-refractivity contribution in [3.63, 3.8) is 0 Å². The lowest BCUT2D eigenvalue weighted by Crippen LogP contribution is -2.23. The third kappa shape index (κ3) is 5.28. The predicted octanol–water partition coefficient (Wildman–Crippen LogP) is 1.79. The summed E-state index contributed by atoms with van der Waals surface area (Å²) in [5.41, 5.74) is 0. The molecule has 0 bridgehead atoms. The molecule has 0 amide bonds. The van der Waals surface area contributed by atoms with E-state index in [-0.39, 0.29) is 5.97 Å². The molecule has 0 aliphatic rings. The lowest BCUT2D eigenvalue weighted by molar-refractivity contribution is -0.134. The SMILES string of the molecule is CCCC(C)N(C)C=CC(=O)OC. The molecule has 0 aromatic heterocycles. The van der Waals surface area contributed by atoms with Crippen molar-refractivity contribution in [3.8, 4) is 0 Å². The summed E-state index contributed by atoms with van der Waals surface area (Å²) >= 11 is 0. The molecule has 1 unspecified atom stereocenters. The summed E-state index contributed by atoms with van der Waals surface area (Å²) in [5.74, 6) is -0.310. The predicted molar refractivity (Wildman–Crippen MR) is 53.3 cm³/mol. The summed E-state index contributed by atoms with van der Waals surface area (Å²) < 4.78 is 4.49. The molecular weight excluding hydrogens is 166 g/mol. The maximum Gasteiger partial charge on any atom is 0.331 e. The van der Waals surface area contributed by atoms with Crippen molar-refractivity contribution < 1.29 is 9.53 Å². The van der Waals surface area contributed by atoms with Crippen LogP contribution in [0.3, 0.4) is 0 Å². The Morgan fingerprint density at radius 1 is 1.62 bits per heavy atom. The van der Waals surface area contributed by atoms with Gasteiger partial charge < -0.3 is 9.64 Å². The van der Waals surface area contributed by atoms with Crippen LogP contribution in [0, 0.1) is 0 Å². The van der Waals surface area contributed by atoms with Crippen molar-refractivity contribution in [2.75, 3.05) is 14.2 Å². The van der Waals surface area contributed by atoms with E-state index < -0.39 is 0 Å². The monoisotopic (exact) mass is 185 g/mol. The van der Waals surface area contributed by atoms with Crippen LogP contribution in [-0.4, -0.2) is 31.1 Å². The van der Waals surface area contributed by atoms with Gasteiger partial charge in [0.2, 0.25) is 0 Å². The van der Waals surface area contributed by atoms with E-state index in [1.807, 2.05) is 11.9 Å². The Morgan fingerprint density at radius 2 is 2.23 bits per heavy atom. The van der Waals surface area contributed by atoms with Crippen LogP contribution in [-0.2, 0) is 9.53 Å². The highest BCUT2D eigenvalue weighted by atomic mass is 16.5. The molecule has 13 heavy (non-hydrogen) atoms. The second-order valence-corrected chi connectivity index (χ2v) is 3.14. The molecule has 0 aromatic rings. The zero-order valence-corrected chi connectivity index (χ0v) is 8.91. The Balaban J connectivity index is 3.90. The smallest absolute Gasteiger partial charge is 0.331 e. The largest absolute Gasteiger partial charge is 0.466 e. The van der Waals surface area contributed by atoms with Crippen LogP contribution in [0.1, 0.15) is 26.7 Å². The van der Waals surface area contributed by atoms with E-state index in [0.717, 1.165) is 12.8 Å². The van der Waals surface area contributed by atoms with Crippen LogP contribution in [0.2, 0.25) is 0 Å². The van der Waals surface area contributed by atoms with Gasteiger partial charge in [-0.05, 0) is 13.3 Å². The van der Waals surface area contributed by atoms with Crippen molar-refractivity contribution >= 4 is 5.97 Å². The Kier molecular flexibility index (Phi) is 6.02. The van der Waals surface area contributed by atoms with Crippen molar-refractivity contribution in [1.29, 1.82) is 0 Å². The molecule has 0 radical (unpaired) electrons. The standard InChI is InChI=1S/C10H19NO2/c1-5-6-9(2)11(3)8-7-10(12)13-4/h7-9H,5-6H2,1-4H3. The first kappa shape index (κ1) is 12.0. The lowest BCUT2D eigenvalue weighted by atomic mass is 10.2. The van der Waals surface area contributed by atoms with Gasteiger partial charge in [0.15, 0.2) is 0 Å². The fraction of sp³-hybridized carbons (Fsp3) is 0.700. The van der Waals surface area contributed by atoms with E-state index >= 15 is 0 Å². The number of methoxy groups -OCH3 is 1. The highest BCUT2D eigenvalue weighted by molar-refractivity contribution is 5.81. The van der Waals surface area contributed by atoms with E-state index in [4.69, 9.17) is 0 Å². The van der Waals surface area contributed by atoms with Crippen LogP contribution >= 0.6 is 0 Å². The summed E-state index contributed by atoms with van der Waals surface area (Å²) in [6.07, 6.45) is 5.47. The minimum atomic E-state index is -0.310. The van der Waals surface area contributed by atoms with Crippen LogP contribution in [0.25, 0.3) is 0 Å². The molecular formula is C10H19NO2. The molecule has 0 rings (SSSR count). The van der Waals surface area contributed by atoms with Gasteiger partial charge in [0.05, 0.1) is 7.11 Å². The Hall–Kier alpha value is -0.990. The number of carbonyl (C=O) groups excluding carboxylic acids is 1. The van der Waals surface area contributed by atoms with Crippen LogP contribution < -0.4 is 0 Å². The maximum absolute atomic E-state index is 10.8. The quantitative estimate of drug-likeness (QED) is 0.483. The van der Waals surface area contributed by atoms with Crippen LogP contribution in [0.15, 0.2) is 12.3 Å². The third-order valence-corrected chi connectivity index (χ3v) is 2.05. The molecule has 0 aliphatic carbocycles. The first-order chi connectivity index (χ1) is 6.11. The number of ether oxygens (including phenoxy) is 1. The number of hydrogen-bond acceptors (Lipinski definition) is 3. The molecule has 0 aliphatic heterocycles. The number of rotatable bonds is 5. The highest BCUT2D eigenvalue weighted by Crippen LogP contribution is 2.03. The molecule has 0 N–H and O–H groups in total. The van der Waals surface area contributed by atoms with Gasteiger partial charge in [0.25, 0.3) is 0 Å². The van der Waals surface area contributed by atoms with Gasteiger partial charge in [-0.15, -0.1) is 0 Å². The molecule has 0 saturated carbocycles. The van der Waals surface area contributed by atoms with Gasteiger partial charge in [0, 0.05) is 25.4 Å². The molecule has 0 spiro atoms. The topological polar surface area (TPSA) is 29.5 Å². The normalized spacial score (nSPS) is 12.9. The summed E-state index contributed by atoms with van der Waals surface area (Å²) in [7, 11) is 3.34. The van der Waals surface area contributed by atoms with Crippen molar-refractivity contribution in [3.05, 3.63) is 12.3 Å². The van der Waals surface area contributed by atoms with Gasteiger partial charge in [0.1, 0.15) is 0 Å². The van der Waals surface area contributed by atoms with E-state index in [1.165, 1.54) is 13.2 Å². The molecule has 76 valence electrons. The maximum atomic E-state index is 10.8. The van der Waals surface area contributed by atoms with E-state index in [1.54, 1.807) is 6.20 Å². The second-order valence-electron chi connectivity index (χ2n) is 3.14. The van der Waals surface area contributed by atoms with Gasteiger partial charge in [-0.2, -0.15) is 0 Å². The first-order valence-corrected chi connectivity index (χ1v) is 4.59. The average Bonchev–Trinajstić information content (AvgIpc) is 2.13. The molecule has 3 heteroatoms. The number of hydrogen-bond donors (Lipinski definition) is 0. The van der Waals surface area contributed by atoms with Crippen LogP contribution in [0.4, 0.5) is 0 Å². The molecule has 3 nitrogen and oxygen atoms in total. The fourth-order valence-electron chi connectivity index (χ4n) is 1.01. The second kappa shape index (κ2) is 6.52. The number of carbonyl (C=O) groups is 1. The fourth-order valence-corrected chi connectivity index (χ4v) is 1.01. The Labute approximate surface area is 80.4 Å². The van der Waals surface area contributed by atoms with E-state index in [0.29, 0.717) is 6.04 Å². The molecule has 0 aromatic carbocycles. The van der Waals surface area contributed by atoms with Gasteiger partial charge in [-0.3, -0.25) is 0 Å². The number of esters is 1. The molecule has 0 heterocycles. The summed E-state index contributed by atoms with van der Waals surface area (Å²) in [4.78, 5) is 12.8. The molecule has 0 fully saturated rings. The highest BCUT2D eigenvalue weighted by Gasteiger charge is 2.03. The Morgan fingerprint density at radius 3 is 2.69 bits per heavy atom. The van der Waals surface area contributed by atoms with Crippen molar-refractivity contribution in [2.45, 2.75) is 32.7 Å². The van der Waals surface area contributed by atoms with Crippen molar-refractivity contribution in [2.24, 2.45) is 0 Å². The van der Waals surface area contributed by atoms with Gasteiger partial charge >= 0.3 is 5.97 Å². The lowest BCUT2D eigenvalue weighted by Gasteiger charge is -2.22.